The van der Waals surface area contributed by atoms with Crippen molar-refractivity contribution in [3.05, 3.63) is 52.0 Å². The van der Waals surface area contributed by atoms with Gasteiger partial charge in [-0.15, -0.1) is 13.2 Å². The predicted molar refractivity (Wildman–Crippen MR) is 73.3 cm³/mol. The Morgan fingerprint density at radius 3 is 2.33 bits per heavy atom. The molecule has 0 amide bonds. The van der Waals surface area contributed by atoms with Crippen molar-refractivity contribution in [2.45, 2.75) is 6.36 Å². The molecule has 2 aromatic rings. The van der Waals surface area contributed by atoms with Crippen LogP contribution in [0.4, 0.5) is 13.2 Å². The zero-order valence-electron chi connectivity index (χ0n) is 10.2. The molecule has 0 aliphatic heterocycles. The lowest BCUT2D eigenvalue weighted by Crippen LogP contribution is -2.17. The van der Waals surface area contributed by atoms with Gasteiger partial charge in [0.1, 0.15) is 5.75 Å². The average Bonchev–Trinajstić information content (AvgIpc) is 2.39. The molecule has 0 saturated carbocycles. The number of nitriles is 1. The largest absolute Gasteiger partial charge is 0.573 e. The van der Waals surface area contributed by atoms with Crippen LogP contribution in [-0.2, 0) is 0 Å². The van der Waals surface area contributed by atoms with E-state index in [0.29, 0.717) is 10.6 Å². The van der Waals surface area contributed by atoms with Crippen LogP contribution >= 0.6 is 23.2 Å². The third kappa shape index (κ3) is 3.81. The first-order valence-corrected chi connectivity index (χ1v) is 6.31. The molecule has 0 bridgehead atoms. The highest BCUT2D eigenvalue weighted by molar-refractivity contribution is 6.35. The summed E-state index contributed by atoms with van der Waals surface area (Å²) in [6, 6.07) is 9.79. The molecule has 7 heteroatoms. The van der Waals surface area contributed by atoms with Gasteiger partial charge in [0.2, 0.25) is 0 Å². The van der Waals surface area contributed by atoms with Gasteiger partial charge in [-0.25, -0.2) is 0 Å². The van der Waals surface area contributed by atoms with E-state index >= 15 is 0 Å². The molecule has 0 aliphatic rings. The van der Waals surface area contributed by atoms with Crippen molar-refractivity contribution in [3.63, 3.8) is 0 Å². The minimum atomic E-state index is -4.82. The summed E-state index contributed by atoms with van der Waals surface area (Å²) in [6.45, 7) is 0. The van der Waals surface area contributed by atoms with Gasteiger partial charge in [0.15, 0.2) is 0 Å². The van der Waals surface area contributed by atoms with Crippen LogP contribution in [0.25, 0.3) is 11.1 Å². The Morgan fingerprint density at radius 2 is 1.71 bits per heavy atom. The highest BCUT2D eigenvalue weighted by atomic mass is 35.5. The Balaban J connectivity index is 2.58. The van der Waals surface area contributed by atoms with E-state index in [1.807, 2.05) is 6.07 Å². The smallest absolute Gasteiger partial charge is 0.406 e. The molecule has 2 nitrogen and oxygen atoms in total. The summed E-state index contributed by atoms with van der Waals surface area (Å²) in [4.78, 5) is 0. The van der Waals surface area contributed by atoms with Gasteiger partial charge >= 0.3 is 6.36 Å². The summed E-state index contributed by atoms with van der Waals surface area (Å²) in [5.41, 5.74) is 0.730. The molecule has 108 valence electrons. The maximum Gasteiger partial charge on any atom is 0.573 e. The average molecular weight is 332 g/mol. The lowest BCUT2D eigenvalue weighted by Gasteiger charge is -2.12. The maximum atomic E-state index is 12.3. The SMILES string of the molecule is N#Cc1ccc(OC(F)(F)F)cc1-c1cc(Cl)ccc1Cl. The molecule has 0 saturated heterocycles. The highest BCUT2D eigenvalue weighted by Crippen LogP contribution is 2.35. The maximum absolute atomic E-state index is 12.3. The minimum Gasteiger partial charge on any atom is -0.406 e. The number of hydrogen-bond acceptors (Lipinski definition) is 2. The lowest BCUT2D eigenvalue weighted by atomic mass is 10.00. The third-order valence-electron chi connectivity index (χ3n) is 2.56. The van der Waals surface area contributed by atoms with E-state index in [4.69, 9.17) is 28.5 Å². The van der Waals surface area contributed by atoms with Gasteiger partial charge in [-0.1, -0.05) is 23.2 Å². The van der Waals surface area contributed by atoms with Gasteiger partial charge in [0.25, 0.3) is 0 Å². The fourth-order valence-corrected chi connectivity index (χ4v) is 2.14. The van der Waals surface area contributed by atoms with Crippen molar-refractivity contribution in [1.82, 2.24) is 0 Å². The second-order valence-corrected chi connectivity index (χ2v) is 4.83. The minimum absolute atomic E-state index is 0.161. The summed E-state index contributed by atoms with van der Waals surface area (Å²) in [5, 5.41) is 9.69. The molecule has 0 heterocycles. The van der Waals surface area contributed by atoms with Gasteiger partial charge < -0.3 is 4.74 Å². The van der Waals surface area contributed by atoms with Crippen LogP contribution in [0.1, 0.15) is 5.56 Å². The first-order valence-electron chi connectivity index (χ1n) is 5.55. The number of alkyl halides is 3. The van der Waals surface area contributed by atoms with E-state index in [2.05, 4.69) is 4.74 Å². The molecular formula is C14H6Cl2F3NO. The molecule has 21 heavy (non-hydrogen) atoms. The molecule has 0 spiro atoms. The lowest BCUT2D eigenvalue weighted by molar-refractivity contribution is -0.274. The van der Waals surface area contributed by atoms with Crippen LogP contribution in [0.15, 0.2) is 36.4 Å². The topological polar surface area (TPSA) is 33.0 Å². The quantitative estimate of drug-likeness (QED) is 0.734. The van der Waals surface area contributed by atoms with Gasteiger partial charge in [0, 0.05) is 21.2 Å². The van der Waals surface area contributed by atoms with Gasteiger partial charge in [0.05, 0.1) is 11.6 Å². The first-order chi connectivity index (χ1) is 9.80. The van der Waals surface area contributed by atoms with E-state index in [1.54, 1.807) is 0 Å². The molecule has 2 aromatic carbocycles. The van der Waals surface area contributed by atoms with E-state index in [0.717, 1.165) is 12.1 Å². The fraction of sp³-hybridized carbons (Fsp3) is 0.0714. The van der Waals surface area contributed by atoms with Crippen LogP contribution in [0.2, 0.25) is 10.0 Å². The van der Waals surface area contributed by atoms with Gasteiger partial charge in [-0.05, 0) is 36.4 Å². The van der Waals surface area contributed by atoms with E-state index in [-0.39, 0.29) is 16.1 Å². The van der Waals surface area contributed by atoms with Crippen molar-refractivity contribution in [2.24, 2.45) is 0 Å². The van der Waals surface area contributed by atoms with Crippen molar-refractivity contribution in [2.75, 3.05) is 0 Å². The van der Waals surface area contributed by atoms with Crippen LogP contribution < -0.4 is 4.74 Å². The second kappa shape index (κ2) is 5.84. The summed E-state index contributed by atoms with van der Waals surface area (Å²) in [6.07, 6.45) is -4.82. The molecule has 0 radical (unpaired) electrons. The number of rotatable bonds is 2. The first kappa shape index (κ1) is 15.5. The molecule has 2 rings (SSSR count). The Hall–Kier alpha value is -1.90. The zero-order valence-corrected chi connectivity index (χ0v) is 11.7. The number of benzene rings is 2. The van der Waals surface area contributed by atoms with Crippen LogP contribution in [0.3, 0.4) is 0 Å². The standard InChI is InChI=1S/C14H6Cl2F3NO/c15-9-2-4-13(16)12(5-9)11-6-10(21-14(17,18)19)3-1-8(11)7-20/h1-6H. The van der Waals surface area contributed by atoms with Crippen LogP contribution in [0.5, 0.6) is 5.75 Å². The Bertz CT molecular complexity index is 723. The summed E-state index contributed by atoms with van der Waals surface area (Å²) >= 11 is 11.9. The van der Waals surface area contributed by atoms with Crippen LogP contribution in [0, 0.1) is 11.3 Å². The predicted octanol–water partition coefficient (Wildman–Crippen LogP) is 5.43. The molecule has 0 unspecified atom stereocenters. The second-order valence-electron chi connectivity index (χ2n) is 3.99. The number of ether oxygens (including phenoxy) is 1. The van der Waals surface area contributed by atoms with Crippen molar-refractivity contribution in [1.29, 1.82) is 5.26 Å². The summed E-state index contributed by atoms with van der Waals surface area (Å²) in [7, 11) is 0. The zero-order chi connectivity index (χ0) is 15.6. The van der Waals surface area contributed by atoms with Crippen molar-refractivity contribution in [3.8, 4) is 22.9 Å². The number of nitrogens with zero attached hydrogens (tertiary/aromatic N) is 1. The number of halogens is 5. The molecule has 0 N–H and O–H groups in total. The highest BCUT2D eigenvalue weighted by Gasteiger charge is 2.31. The van der Waals surface area contributed by atoms with E-state index < -0.39 is 12.1 Å². The van der Waals surface area contributed by atoms with Gasteiger partial charge in [-0.3, -0.25) is 0 Å². The fourth-order valence-electron chi connectivity index (χ4n) is 1.74. The number of hydrogen-bond donors (Lipinski definition) is 0. The molecule has 0 aliphatic carbocycles. The molecule has 0 aromatic heterocycles. The third-order valence-corrected chi connectivity index (χ3v) is 3.13. The normalized spacial score (nSPS) is 11.0. The Labute approximate surface area is 128 Å². The molecule has 0 fully saturated rings. The summed E-state index contributed by atoms with van der Waals surface area (Å²) < 4.78 is 40.6. The molecular weight excluding hydrogens is 326 g/mol. The molecule has 0 atom stereocenters. The van der Waals surface area contributed by atoms with E-state index in [1.165, 1.54) is 24.3 Å². The van der Waals surface area contributed by atoms with Crippen molar-refractivity contribution >= 4 is 23.2 Å². The summed E-state index contributed by atoms with van der Waals surface area (Å²) in [5.74, 6) is -0.437. The van der Waals surface area contributed by atoms with Crippen LogP contribution in [-0.4, -0.2) is 6.36 Å². The Morgan fingerprint density at radius 1 is 1.00 bits per heavy atom. The van der Waals surface area contributed by atoms with E-state index in [9.17, 15) is 13.2 Å². The van der Waals surface area contributed by atoms with Gasteiger partial charge in [-0.2, -0.15) is 5.26 Å². The Kier molecular flexibility index (Phi) is 4.31. The van der Waals surface area contributed by atoms with Crippen molar-refractivity contribution < 1.29 is 17.9 Å². The monoisotopic (exact) mass is 331 g/mol.